The highest BCUT2D eigenvalue weighted by Crippen LogP contribution is 2.51. The van der Waals surface area contributed by atoms with Crippen LogP contribution in [0.15, 0.2) is 35.9 Å². The average Bonchev–Trinajstić information content (AvgIpc) is 2.99. The van der Waals surface area contributed by atoms with Crippen molar-refractivity contribution in [3.8, 4) is 11.5 Å². The van der Waals surface area contributed by atoms with Gasteiger partial charge in [0.1, 0.15) is 6.61 Å². The maximum Gasteiger partial charge on any atom is 0.204 e. The molecule has 0 aromatic heterocycles. The maximum atomic E-state index is 14.5. The molecule has 0 N–H and O–H groups in total. The smallest absolute Gasteiger partial charge is 0.204 e. The zero-order chi connectivity index (χ0) is 27.9. The highest BCUT2D eigenvalue weighted by Gasteiger charge is 2.40. The lowest BCUT2D eigenvalue weighted by molar-refractivity contribution is 0.0512. The third kappa shape index (κ3) is 7.32. The molecule has 0 spiro atoms. The monoisotopic (exact) mass is 554 g/mol. The molecule has 0 saturated heterocycles. The van der Waals surface area contributed by atoms with Gasteiger partial charge in [-0.25, -0.2) is 0 Å². The van der Waals surface area contributed by atoms with Gasteiger partial charge in [0.25, 0.3) is 0 Å². The van der Waals surface area contributed by atoms with E-state index < -0.39 is 11.6 Å². The third-order valence-corrected chi connectivity index (χ3v) is 10.9. The highest BCUT2D eigenvalue weighted by molar-refractivity contribution is 5.36. The molecule has 3 fully saturated rings. The van der Waals surface area contributed by atoms with E-state index in [-0.39, 0.29) is 18.1 Å². The predicted octanol–water partition coefficient (Wildman–Crippen LogP) is 10.5. The van der Waals surface area contributed by atoms with Crippen molar-refractivity contribution in [3.63, 3.8) is 0 Å². The lowest BCUT2D eigenvalue weighted by atomic mass is 9.59. The van der Waals surface area contributed by atoms with Gasteiger partial charge >= 0.3 is 0 Å². The summed E-state index contributed by atoms with van der Waals surface area (Å²) in [5, 5.41) is 0. The lowest BCUT2D eigenvalue weighted by Gasteiger charge is -2.46. The second kappa shape index (κ2) is 14.4. The summed E-state index contributed by atoms with van der Waals surface area (Å²) in [5.74, 6) is 4.28. The maximum absolute atomic E-state index is 14.5. The lowest BCUT2D eigenvalue weighted by Crippen LogP contribution is -2.36. The summed E-state index contributed by atoms with van der Waals surface area (Å²) in [6.07, 6.45) is 27.0. The number of halogens is 2. The van der Waals surface area contributed by atoms with Crippen LogP contribution in [-0.2, 0) is 0 Å². The van der Waals surface area contributed by atoms with Gasteiger partial charge < -0.3 is 9.47 Å². The molecule has 5 rings (SSSR count). The third-order valence-electron chi connectivity index (χ3n) is 10.9. The molecule has 0 heterocycles. The van der Waals surface area contributed by atoms with Crippen molar-refractivity contribution in [2.45, 2.75) is 110 Å². The first-order valence-corrected chi connectivity index (χ1v) is 16.7. The molecule has 4 heteroatoms. The molecule has 40 heavy (non-hydrogen) atoms. The first kappa shape index (κ1) is 29.6. The Morgan fingerprint density at radius 2 is 1.32 bits per heavy atom. The molecule has 222 valence electrons. The van der Waals surface area contributed by atoms with Gasteiger partial charge in [0.15, 0.2) is 11.5 Å². The van der Waals surface area contributed by atoms with E-state index in [1.54, 1.807) is 0 Å². The van der Waals surface area contributed by atoms with Crippen LogP contribution in [0.4, 0.5) is 8.78 Å². The van der Waals surface area contributed by atoms with E-state index in [2.05, 4.69) is 25.2 Å². The van der Waals surface area contributed by atoms with E-state index in [1.165, 1.54) is 89.2 Å². The largest absolute Gasteiger partial charge is 0.490 e. The summed E-state index contributed by atoms with van der Waals surface area (Å²) in [7, 11) is 0. The summed E-state index contributed by atoms with van der Waals surface area (Å²) in [6, 6.07) is 2.94. The van der Waals surface area contributed by atoms with Crippen molar-refractivity contribution in [2.24, 2.45) is 41.4 Å². The average molecular weight is 555 g/mol. The summed E-state index contributed by atoms with van der Waals surface area (Å²) in [5.41, 5.74) is 1.04. The first-order chi connectivity index (χ1) is 19.6. The van der Waals surface area contributed by atoms with Crippen molar-refractivity contribution >= 4 is 0 Å². The minimum absolute atomic E-state index is 0.0457. The van der Waals surface area contributed by atoms with Gasteiger partial charge in [-0.15, -0.1) is 0 Å². The Morgan fingerprint density at radius 1 is 0.725 bits per heavy atom. The molecule has 1 aromatic carbocycles. The Balaban J connectivity index is 1.05. The molecule has 4 aliphatic carbocycles. The van der Waals surface area contributed by atoms with Crippen LogP contribution in [0, 0.1) is 53.1 Å². The molecule has 2 nitrogen and oxygen atoms in total. The van der Waals surface area contributed by atoms with Gasteiger partial charge in [-0.3, -0.25) is 0 Å². The van der Waals surface area contributed by atoms with E-state index in [0.29, 0.717) is 12.5 Å². The van der Waals surface area contributed by atoms with Gasteiger partial charge in [-0.1, -0.05) is 64.2 Å². The minimum Gasteiger partial charge on any atom is -0.490 e. The summed E-state index contributed by atoms with van der Waals surface area (Å²) >= 11 is 0. The number of unbranched alkanes of at least 4 members (excludes halogenated alkanes) is 1. The van der Waals surface area contributed by atoms with Gasteiger partial charge in [0, 0.05) is 0 Å². The van der Waals surface area contributed by atoms with E-state index in [4.69, 9.17) is 9.47 Å². The van der Waals surface area contributed by atoms with Crippen molar-refractivity contribution < 1.29 is 18.3 Å². The Morgan fingerprint density at radius 3 is 1.95 bits per heavy atom. The molecule has 0 radical (unpaired) electrons. The Hall–Kier alpha value is -1.84. The van der Waals surface area contributed by atoms with E-state index in [1.807, 2.05) is 6.92 Å². The zero-order valence-electron chi connectivity index (χ0n) is 25.0. The van der Waals surface area contributed by atoms with Crippen LogP contribution in [0.25, 0.3) is 0 Å². The molecular formula is C36H52F2O2. The molecular weight excluding hydrogens is 502 g/mol. The van der Waals surface area contributed by atoms with Crippen molar-refractivity contribution in [2.75, 3.05) is 13.2 Å². The standard InChI is InChI=1S/C36H52F2O2/c1-3-5-21-39-33-19-20-34(36(38)35(33)37)40-24-26-9-13-28(14-10-26)30-16-18-31-22-29(15-17-32(31)23-30)27-11-7-25(6-4-2)8-12-27/h9-10,13,19-20,25,27-32H,3-8,11-12,14-18,21-24H2,1-2H3. The second-order valence-corrected chi connectivity index (χ2v) is 13.5. The Labute approximate surface area is 242 Å². The fourth-order valence-electron chi connectivity index (χ4n) is 8.50. The summed E-state index contributed by atoms with van der Waals surface area (Å²) < 4.78 is 39.9. The van der Waals surface area contributed by atoms with Crippen molar-refractivity contribution in [1.29, 1.82) is 0 Å². The van der Waals surface area contributed by atoms with Crippen molar-refractivity contribution in [3.05, 3.63) is 47.6 Å². The van der Waals surface area contributed by atoms with Crippen LogP contribution in [0.3, 0.4) is 0 Å². The van der Waals surface area contributed by atoms with Crippen LogP contribution >= 0.6 is 0 Å². The molecule has 0 bridgehead atoms. The number of ether oxygens (including phenoxy) is 2. The summed E-state index contributed by atoms with van der Waals surface area (Å²) in [6.45, 7) is 5.01. The molecule has 5 atom stereocenters. The SMILES string of the molecule is CCCCOc1ccc(OCC2=CCC(C3CCC4CC(C5CCC(CCC)CC5)CCC4C3)C=C2)c(F)c1F. The van der Waals surface area contributed by atoms with E-state index in [9.17, 15) is 8.78 Å². The molecule has 3 saturated carbocycles. The number of rotatable bonds is 11. The normalized spacial score (nSPS) is 32.3. The fourth-order valence-corrected chi connectivity index (χ4v) is 8.50. The first-order valence-electron chi connectivity index (χ1n) is 16.7. The number of benzene rings is 1. The van der Waals surface area contributed by atoms with Gasteiger partial charge in [-0.05, 0) is 123 Å². The van der Waals surface area contributed by atoms with Gasteiger partial charge in [-0.2, -0.15) is 8.78 Å². The number of hydrogen-bond acceptors (Lipinski definition) is 2. The van der Waals surface area contributed by atoms with Gasteiger partial charge in [0.2, 0.25) is 11.6 Å². The van der Waals surface area contributed by atoms with E-state index in [0.717, 1.165) is 60.3 Å². The van der Waals surface area contributed by atoms with E-state index >= 15 is 0 Å². The zero-order valence-corrected chi connectivity index (χ0v) is 25.0. The molecule has 0 aliphatic heterocycles. The molecule has 1 aromatic rings. The van der Waals surface area contributed by atoms with Crippen LogP contribution in [0.1, 0.15) is 110 Å². The molecule has 5 unspecified atom stereocenters. The predicted molar refractivity (Wildman–Crippen MR) is 160 cm³/mol. The van der Waals surface area contributed by atoms with Crippen LogP contribution in [0.2, 0.25) is 0 Å². The van der Waals surface area contributed by atoms with Crippen molar-refractivity contribution in [1.82, 2.24) is 0 Å². The van der Waals surface area contributed by atoms with Crippen LogP contribution in [0.5, 0.6) is 11.5 Å². The number of hydrogen-bond donors (Lipinski definition) is 0. The van der Waals surface area contributed by atoms with Gasteiger partial charge in [0.05, 0.1) is 6.61 Å². The van der Waals surface area contributed by atoms with Crippen LogP contribution < -0.4 is 9.47 Å². The molecule has 4 aliphatic rings. The highest BCUT2D eigenvalue weighted by atomic mass is 19.2. The fraction of sp³-hybridized carbons (Fsp3) is 0.722. The summed E-state index contributed by atoms with van der Waals surface area (Å²) in [4.78, 5) is 0. The van der Waals surface area contributed by atoms with Crippen LogP contribution in [-0.4, -0.2) is 13.2 Å². The quantitative estimate of drug-likeness (QED) is 0.253. The topological polar surface area (TPSA) is 18.5 Å². The Bertz CT molecular complexity index is 1010. The number of allylic oxidation sites excluding steroid dienone is 2. The number of fused-ring (bicyclic) bond motifs is 1. The minimum atomic E-state index is -0.970. The molecule has 0 amide bonds. The second-order valence-electron chi connectivity index (χ2n) is 13.5. The Kier molecular flexibility index (Phi) is 10.6.